The molecule has 0 fully saturated rings. The van der Waals surface area contributed by atoms with Gasteiger partial charge in [0.1, 0.15) is 0 Å². The van der Waals surface area contributed by atoms with E-state index in [4.69, 9.17) is 0 Å². The van der Waals surface area contributed by atoms with Crippen LogP contribution < -0.4 is 0 Å². The van der Waals surface area contributed by atoms with Gasteiger partial charge in [0.25, 0.3) is 0 Å². The van der Waals surface area contributed by atoms with E-state index in [0.29, 0.717) is 0 Å². The van der Waals surface area contributed by atoms with Crippen molar-refractivity contribution in [2.75, 3.05) is 20.4 Å². The SMILES string of the molecule is C=C(C)N=C(SC)N(C)C. The summed E-state index contributed by atoms with van der Waals surface area (Å²) in [5.74, 6) is 0. The molecule has 0 unspecified atom stereocenters. The van der Waals surface area contributed by atoms with Gasteiger partial charge in [-0.2, -0.15) is 0 Å². The second-order valence-electron chi connectivity index (χ2n) is 2.23. The van der Waals surface area contributed by atoms with E-state index in [1.54, 1.807) is 11.8 Å². The van der Waals surface area contributed by atoms with Gasteiger partial charge in [-0.1, -0.05) is 18.3 Å². The van der Waals surface area contributed by atoms with Gasteiger partial charge in [0.2, 0.25) is 0 Å². The average molecular weight is 158 g/mol. The summed E-state index contributed by atoms with van der Waals surface area (Å²) in [7, 11) is 3.94. The number of hydrogen-bond donors (Lipinski definition) is 0. The van der Waals surface area contributed by atoms with Crippen molar-refractivity contribution >= 4 is 16.9 Å². The van der Waals surface area contributed by atoms with Gasteiger partial charge in [-0.3, -0.25) is 0 Å². The Morgan fingerprint density at radius 3 is 2.10 bits per heavy atom. The highest BCUT2D eigenvalue weighted by molar-refractivity contribution is 8.13. The van der Waals surface area contributed by atoms with E-state index in [2.05, 4.69) is 11.6 Å². The highest BCUT2D eigenvalue weighted by atomic mass is 32.2. The van der Waals surface area contributed by atoms with Gasteiger partial charge in [-0.05, 0) is 13.2 Å². The molecule has 0 aliphatic heterocycles. The Morgan fingerprint density at radius 2 is 2.00 bits per heavy atom. The average Bonchev–Trinajstić information content (AvgIpc) is 1.81. The standard InChI is InChI=1S/C7H14N2S/c1-6(2)8-7(10-5)9(3)4/h1H2,2-5H3. The van der Waals surface area contributed by atoms with E-state index in [9.17, 15) is 0 Å². The Hall–Kier alpha value is -0.440. The Bertz CT molecular complexity index is 150. The van der Waals surface area contributed by atoms with Gasteiger partial charge in [-0.15, -0.1) is 0 Å². The molecule has 3 heteroatoms. The molecule has 2 nitrogen and oxygen atoms in total. The van der Waals surface area contributed by atoms with Crippen LogP contribution in [0.2, 0.25) is 0 Å². The van der Waals surface area contributed by atoms with Crippen LogP contribution in [0, 0.1) is 0 Å². The second-order valence-corrected chi connectivity index (χ2v) is 3.00. The van der Waals surface area contributed by atoms with Crippen LogP contribution in [0.15, 0.2) is 17.3 Å². The first kappa shape index (κ1) is 9.56. The molecule has 0 aromatic carbocycles. The molecule has 58 valence electrons. The maximum absolute atomic E-state index is 4.21. The van der Waals surface area contributed by atoms with E-state index >= 15 is 0 Å². The Kier molecular flexibility index (Phi) is 4.19. The number of nitrogens with zero attached hydrogens (tertiary/aromatic N) is 2. The summed E-state index contributed by atoms with van der Waals surface area (Å²) in [4.78, 5) is 6.18. The molecule has 0 saturated carbocycles. The fraction of sp³-hybridized carbons (Fsp3) is 0.571. The lowest BCUT2D eigenvalue weighted by atomic mass is 10.6. The highest BCUT2D eigenvalue weighted by Crippen LogP contribution is 2.03. The largest absolute Gasteiger partial charge is 0.357 e. The van der Waals surface area contributed by atoms with Crippen molar-refractivity contribution < 1.29 is 0 Å². The summed E-state index contributed by atoms with van der Waals surface area (Å²) in [6, 6.07) is 0. The van der Waals surface area contributed by atoms with Crippen molar-refractivity contribution in [3.63, 3.8) is 0 Å². The van der Waals surface area contributed by atoms with Gasteiger partial charge in [0.05, 0.1) is 0 Å². The van der Waals surface area contributed by atoms with Gasteiger partial charge >= 0.3 is 0 Å². The van der Waals surface area contributed by atoms with E-state index in [-0.39, 0.29) is 0 Å². The molecular weight excluding hydrogens is 144 g/mol. The Labute approximate surface area is 67.0 Å². The van der Waals surface area contributed by atoms with Crippen molar-refractivity contribution in [1.29, 1.82) is 0 Å². The summed E-state index contributed by atoms with van der Waals surface area (Å²) in [5.41, 5.74) is 0.845. The molecule has 0 aliphatic carbocycles. The third kappa shape index (κ3) is 3.56. The van der Waals surface area contributed by atoms with Crippen molar-refractivity contribution in [3.8, 4) is 0 Å². The highest BCUT2D eigenvalue weighted by Gasteiger charge is 1.96. The summed E-state index contributed by atoms with van der Waals surface area (Å²) in [6.45, 7) is 5.59. The second kappa shape index (κ2) is 4.39. The fourth-order valence-corrected chi connectivity index (χ4v) is 1.10. The van der Waals surface area contributed by atoms with E-state index in [1.807, 2.05) is 32.2 Å². The molecule has 0 N–H and O–H groups in total. The number of allylic oxidation sites excluding steroid dienone is 1. The first-order chi connectivity index (χ1) is 4.57. The van der Waals surface area contributed by atoms with Gasteiger partial charge in [0.15, 0.2) is 5.17 Å². The van der Waals surface area contributed by atoms with Crippen LogP contribution in [-0.2, 0) is 0 Å². The van der Waals surface area contributed by atoms with Crippen molar-refractivity contribution in [3.05, 3.63) is 12.3 Å². The van der Waals surface area contributed by atoms with Crippen LogP contribution in [0.1, 0.15) is 6.92 Å². The van der Waals surface area contributed by atoms with Gasteiger partial charge < -0.3 is 4.90 Å². The monoisotopic (exact) mass is 158 g/mol. The topological polar surface area (TPSA) is 15.6 Å². The zero-order valence-corrected chi connectivity index (χ0v) is 7.83. The predicted octanol–water partition coefficient (Wildman–Crippen LogP) is 1.80. The Balaban J connectivity index is 4.18. The lowest BCUT2D eigenvalue weighted by molar-refractivity contribution is 0.635. The molecule has 0 bridgehead atoms. The molecule has 0 spiro atoms. The van der Waals surface area contributed by atoms with Crippen LogP contribution in [0.3, 0.4) is 0 Å². The zero-order chi connectivity index (χ0) is 8.15. The van der Waals surface area contributed by atoms with Crippen molar-refractivity contribution in [2.24, 2.45) is 4.99 Å². The summed E-state index contributed by atoms with van der Waals surface area (Å²) in [6.07, 6.45) is 2.00. The van der Waals surface area contributed by atoms with Crippen molar-refractivity contribution in [1.82, 2.24) is 4.90 Å². The minimum absolute atomic E-state index is 0.845. The minimum atomic E-state index is 0.845. The first-order valence-electron chi connectivity index (χ1n) is 3.03. The summed E-state index contributed by atoms with van der Waals surface area (Å²) >= 11 is 1.62. The predicted molar refractivity (Wildman–Crippen MR) is 49.5 cm³/mol. The minimum Gasteiger partial charge on any atom is -0.357 e. The molecule has 0 saturated heterocycles. The molecule has 0 radical (unpaired) electrons. The summed E-state index contributed by atoms with van der Waals surface area (Å²) < 4.78 is 0. The molecule has 0 rings (SSSR count). The fourth-order valence-electron chi connectivity index (χ4n) is 0.491. The summed E-state index contributed by atoms with van der Waals surface area (Å²) in [5, 5.41) is 0.993. The van der Waals surface area contributed by atoms with Crippen LogP contribution in [0.25, 0.3) is 0 Å². The van der Waals surface area contributed by atoms with E-state index in [1.165, 1.54) is 0 Å². The third-order valence-corrected chi connectivity index (χ3v) is 1.67. The normalized spacial score (nSPS) is 11.4. The van der Waals surface area contributed by atoms with E-state index in [0.717, 1.165) is 10.9 Å². The van der Waals surface area contributed by atoms with Crippen LogP contribution >= 0.6 is 11.8 Å². The van der Waals surface area contributed by atoms with Crippen LogP contribution in [0.4, 0.5) is 0 Å². The Morgan fingerprint density at radius 1 is 1.50 bits per heavy atom. The molecule has 0 atom stereocenters. The maximum atomic E-state index is 4.21. The lowest BCUT2D eigenvalue weighted by Gasteiger charge is -2.12. The number of hydrogen-bond acceptors (Lipinski definition) is 2. The van der Waals surface area contributed by atoms with Crippen LogP contribution in [0.5, 0.6) is 0 Å². The molecule has 0 aromatic heterocycles. The molecule has 0 aromatic rings. The number of aliphatic imine (C=N–C) groups is 1. The van der Waals surface area contributed by atoms with Crippen LogP contribution in [-0.4, -0.2) is 30.4 Å². The smallest absolute Gasteiger partial charge is 0.163 e. The number of thioether (sulfide) groups is 1. The quantitative estimate of drug-likeness (QED) is 0.427. The third-order valence-electron chi connectivity index (χ3n) is 0.852. The van der Waals surface area contributed by atoms with Crippen molar-refractivity contribution in [2.45, 2.75) is 6.92 Å². The van der Waals surface area contributed by atoms with Gasteiger partial charge in [0, 0.05) is 19.8 Å². The molecule has 0 amide bonds. The maximum Gasteiger partial charge on any atom is 0.163 e. The molecule has 0 heterocycles. The molecule has 0 aliphatic rings. The number of rotatable bonds is 1. The zero-order valence-electron chi connectivity index (χ0n) is 7.01. The number of amidine groups is 1. The van der Waals surface area contributed by atoms with Gasteiger partial charge in [-0.25, -0.2) is 4.99 Å². The van der Waals surface area contributed by atoms with E-state index < -0.39 is 0 Å². The lowest BCUT2D eigenvalue weighted by Crippen LogP contribution is -2.18. The molecule has 10 heavy (non-hydrogen) atoms. The first-order valence-corrected chi connectivity index (χ1v) is 4.26. The molecular formula is C7H14N2S.